The zero-order valence-corrected chi connectivity index (χ0v) is 10.3. The predicted octanol–water partition coefficient (Wildman–Crippen LogP) is 1.02. The van der Waals surface area contributed by atoms with E-state index in [0.29, 0.717) is 5.56 Å². The predicted molar refractivity (Wildman–Crippen MR) is 65.4 cm³/mol. The second kappa shape index (κ2) is 5.95. The highest BCUT2D eigenvalue weighted by Gasteiger charge is 2.13. The van der Waals surface area contributed by atoms with Crippen LogP contribution in [-0.4, -0.2) is 28.8 Å². The van der Waals surface area contributed by atoms with Gasteiger partial charge in [0.1, 0.15) is 6.04 Å². The van der Waals surface area contributed by atoms with Gasteiger partial charge in [-0.05, 0) is 19.4 Å². The lowest BCUT2D eigenvalue weighted by atomic mass is 10.1. The lowest BCUT2D eigenvalue weighted by Crippen LogP contribution is -2.39. The second-order valence-corrected chi connectivity index (χ2v) is 4.06. The number of carbonyl (C=O) groups excluding carboxylic acids is 2. The average Bonchev–Trinajstić information content (AvgIpc) is 2.29. The maximum Gasteiger partial charge on any atom is 0.325 e. The molecule has 0 heterocycles. The molecule has 0 aliphatic rings. The fraction of sp³-hybridized carbons (Fsp3) is 0.308. The molecule has 1 atom stereocenters. The summed E-state index contributed by atoms with van der Waals surface area (Å²) in [6, 6.07) is 5.75. The molecule has 0 aliphatic heterocycles. The van der Waals surface area contributed by atoms with Crippen LogP contribution in [0.2, 0.25) is 0 Å². The number of benzene rings is 1. The minimum absolute atomic E-state index is 0.0366. The Kier molecular flexibility index (Phi) is 4.59. The maximum absolute atomic E-state index is 11.5. The van der Waals surface area contributed by atoms with Gasteiger partial charge < -0.3 is 10.4 Å². The van der Waals surface area contributed by atoms with Crippen LogP contribution in [0.25, 0.3) is 0 Å². The van der Waals surface area contributed by atoms with Crippen molar-refractivity contribution in [3.8, 4) is 0 Å². The number of amides is 1. The van der Waals surface area contributed by atoms with E-state index in [2.05, 4.69) is 5.32 Å². The van der Waals surface area contributed by atoms with E-state index in [1.54, 1.807) is 24.3 Å². The van der Waals surface area contributed by atoms with Gasteiger partial charge in [0, 0.05) is 5.56 Å². The van der Waals surface area contributed by atoms with Crippen LogP contribution in [0.3, 0.4) is 0 Å². The van der Waals surface area contributed by atoms with Gasteiger partial charge in [0.05, 0.1) is 6.42 Å². The first kappa shape index (κ1) is 13.9. The monoisotopic (exact) mass is 249 g/mol. The number of nitrogens with one attached hydrogen (secondary N) is 1. The van der Waals surface area contributed by atoms with Crippen LogP contribution < -0.4 is 5.32 Å². The molecule has 2 N–H and O–H groups in total. The Morgan fingerprint density at radius 2 is 1.78 bits per heavy atom. The lowest BCUT2D eigenvalue weighted by Gasteiger charge is -2.09. The van der Waals surface area contributed by atoms with Gasteiger partial charge >= 0.3 is 5.97 Å². The molecule has 1 rings (SSSR count). The summed E-state index contributed by atoms with van der Waals surface area (Å²) in [5.41, 5.74) is 1.31. The third kappa shape index (κ3) is 4.01. The second-order valence-electron chi connectivity index (χ2n) is 4.06. The van der Waals surface area contributed by atoms with Crippen molar-refractivity contribution in [2.24, 2.45) is 0 Å². The highest BCUT2D eigenvalue weighted by atomic mass is 16.4. The number of ketones is 1. The van der Waals surface area contributed by atoms with Crippen LogP contribution in [0.1, 0.15) is 29.8 Å². The van der Waals surface area contributed by atoms with Gasteiger partial charge in [0.2, 0.25) is 5.91 Å². The van der Waals surface area contributed by atoms with Crippen molar-refractivity contribution in [3.05, 3.63) is 35.4 Å². The molecule has 0 spiro atoms. The summed E-state index contributed by atoms with van der Waals surface area (Å²) in [6.45, 7) is 2.87. The summed E-state index contributed by atoms with van der Waals surface area (Å²) in [6.07, 6.45) is 0.0931. The molecule has 18 heavy (non-hydrogen) atoms. The highest BCUT2D eigenvalue weighted by molar-refractivity contribution is 5.94. The van der Waals surface area contributed by atoms with Crippen molar-refractivity contribution >= 4 is 17.7 Å². The summed E-state index contributed by atoms with van der Waals surface area (Å²) in [7, 11) is 0. The molecule has 0 saturated heterocycles. The van der Waals surface area contributed by atoms with E-state index in [1.165, 1.54) is 13.8 Å². The van der Waals surface area contributed by atoms with Crippen LogP contribution >= 0.6 is 0 Å². The summed E-state index contributed by atoms with van der Waals surface area (Å²) in [5.74, 6) is -1.47. The van der Waals surface area contributed by atoms with Crippen LogP contribution in [-0.2, 0) is 16.0 Å². The molecule has 5 nitrogen and oxygen atoms in total. The Balaban J connectivity index is 2.60. The van der Waals surface area contributed by atoms with Crippen LogP contribution in [0, 0.1) is 0 Å². The number of carbonyl (C=O) groups is 3. The van der Waals surface area contributed by atoms with Gasteiger partial charge in [0.25, 0.3) is 0 Å². The largest absolute Gasteiger partial charge is 0.480 e. The van der Waals surface area contributed by atoms with Crippen LogP contribution in [0.4, 0.5) is 0 Å². The summed E-state index contributed by atoms with van der Waals surface area (Å²) in [5, 5.41) is 11.0. The Labute approximate surface area is 105 Å². The zero-order chi connectivity index (χ0) is 13.7. The van der Waals surface area contributed by atoms with E-state index < -0.39 is 12.0 Å². The van der Waals surface area contributed by atoms with Crippen LogP contribution in [0.5, 0.6) is 0 Å². The Morgan fingerprint density at radius 1 is 1.22 bits per heavy atom. The van der Waals surface area contributed by atoms with Gasteiger partial charge in [-0.1, -0.05) is 24.3 Å². The minimum Gasteiger partial charge on any atom is -0.480 e. The number of carboxylic acid groups (broad SMARTS) is 1. The molecule has 0 saturated carbocycles. The summed E-state index contributed by atoms with van der Waals surface area (Å²) in [4.78, 5) is 33.1. The van der Waals surface area contributed by atoms with Crippen molar-refractivity contribution in [2.45, 2.75) is 26.3 Å². The van der Waals surface area contributed by atoms with Crippen molar-refractivity contribution in [2.75, 3.05) is 0 Å². The number of Topliss-reactive ketones (excluding diaryl/α,β-unsaturated/α-hetero) is 1. The SMILES string of the molecule is CC(=O)c1ccc(CC(=O)N[C@H](C)C(=O)O)cc1. The lowest BCUT2D eigenvalue weighted by molar-refractivity contribution is -0.141. The average molecular weight is 249 g/mol. The van der Waals surface area contributed by atoms with Gasteiger partial charge in [-0.15, -0.1) is 0 Å². The minimum atomic E-state index is -1.07. The first-order valence-corrected chi connectivity index (χ1v) is 5.52. The van der Waals surface area contributed by atoms with E-state index in [-0.39, 0.29) is 18.1 Å². The van der Waals surface area contributed by atoms with Gasteiger partial charge in [0.15, 0.2) is 5.78 Å². The van der Waals surface area contributed by atoms with Gasteiger partial charge in [-0.25, -0.2) is 0 Å². The number of carboxylic acids is 1. The van der Waals surface area contributed by atoms with Crippen molar-refractivity contribution in [1.82, 2.24) is 5.32 Å². The van der Waals surface area contributed by atoms with E-state index in [1.807, 2.05) is 0 Å². The summed E-state index contributed by atoms with van der Waals surface area (Å²) < 4.78 is 0. The molecule has 0 bridgehead atoms. The van der Waals surface area contributed by atoms with Crippen molar-refractivity contribution in [1.29, 1.82) is 0 Å². The number of aliphatic carboxylic acids is 1. The number of hydrogen-bond donors (Lipinski definition) is 2. The Morgan fingerprint density at radius 3 is 2.22 bits per heavy atom. The normalized spacial score (nSPS) is 11.7. The molecule has 0 aromatic heterocycles. The first-order valence-electron chi connectivity index (χ1n) is 5.52. The van der Waals surface area contributed by atoms with E-state index >= 15 is 0 Å². The van der Waals surface area contributed by atoms with E-state index in [0.717, 1.165) is 5.56 Å². The Hall–Kier alpha value is -2.17. The van der Waals surface area contributed by atoms with E-state index in [4.69, 9.17) is 5.11 Å². The van der Waals surface area contributed by atoms with Gasteiger partial charge in [-0.3, -0.25) is 14.4 Å². The summed E-state index contributed by atoms with van der Waals surface area (Å²) >= 11 is 0. The number of rotatable bonds is 5. The molecule has 1 amide bonds. The molecule has 1 aromatic rings. The molecule has 0 unspecified atom stereocenters. The Bertz CT molecular complexity index is 464. The third-order valence-electron chi connectivity index (χ3n) is 2.47. The topological polar surface area (TPSA) is 83.5 Å². The molecule has 5 heteroatoms. The fourth-order valence-corrected chi connectivity index (χ4v) is 1.40. The van der Waals surface area contributed by atoms with Gasteiger partial charge in [-0.2, -0.15) is 0 Å². The molecule has 96 valence electrons. The quantitative estimate of drug-likeness (QED) is 0.763. The molecular formula is C13H15NO4. The van der Waals surface area contributed by atoms with Crippen LogP contribution in [0.15, 0.2) is 24.3 Å². The van der Waals surface area contributed by atoms with Crippen molar-refractivity contribution in [3.63, 3.8) is 0 Å². The van der Waals surface area contributed by atoms with Crippen molar-refractivity contribution < 1.29 is 19.5 Å². The smallest absolute Gasteiger partial charge is 0.325 e. The third-order valence-corrected chi connectivity index (χ3v) is 2.47. The fourth-order valence-electron chi connectivity index (χ4n) is 1.40. The first-order chi connectivity index (χ1) is 8.40. The zero-order valence-electron chi connectivity index (χ0n) is 10.3. The molecule has 0 radical (unpaired) electrons. The molecule has 1 aromatic carbocycles. The molecule has 0 fully saturated rings. The van der Waals surface area contributed by atoms with E-state index in [9.17, 15) is 14.4 Å². The molecule has 0 aliphatic carbocycles. The standard InChI is InChI=1S/C13H15NO4/c1-8(13(17)18)14-12(16)7-10-3-5-11(6-4-10)9(2)15/h3-6,8H,7H2,1-2H3,(H,14,16)(H,17,18)/t8-/m1/s1. The highest BCUT2D eigenvalue weighted by Crippen LogP contribution is 2.06. The molecular weight excluding hydrogens is 234 g/mol. The number of hydrogen-bond acceptors (Lipinski definition) is 3. The maximum atomic E-state index is 11.5.